The van der Waals surface area contributed by atoms with Gasteiger partial charge in [-0.2, -0.15) is 0 Å². The summed E-state index contributed by atoms with van der Waals surface area (Å²) >= 11 is 6.48. The Morgan fingerprint density at radius 2 is 1.72 bits per heavy atom. The number of hydrogen-bond acceptors (Lipinski definition) is 4. The first-order valence-electron chi connectivity index (χ1n) is 12.5. The first-order chi connectivity index (χ1) is 15.4. The van der Waals surface area contributed by atoms with Gasteiger partial charge in [0.25, 0.3) is 0 Å². The lowest BCUT2D eigenvalue weighted by Gasteiger charge is -2.41. The van der Waals surface area contributed by atoms with Crippen LogP contribution in [0.4, 0.5) is 0 Å². The quantitative estimate of drug-likeness (QED) is 0.699. The first kappa shape index (κ1) is 23.7. The molecule has 0 bridgehead atoms. The summed E-state index contributed by atoms with van der Waals surface area (Å²) in [7, 11) is 0. The molecule has 0 spiro atoms. The van der Waals surface area contributed by atoms with Crippen molar-refractivity contribution in [2.24, 2.45) is 11.8 Å². The van der Waals surface area contributed by atoms with Crippen LogP contribution in [-0.2, 0) is 22.6 Å². The van der Waals surface area contributed by atoms with Gasteiger partial charge in [0.2, 0.25) is 5.91 Å². The van der Waals surface area contributed by atoms with Gasteiger partial charge in [0.15, 0.2) is 0 Å². The van der Waals surface area contributed by atoms with Gasteiger partial charge >= 0.3 is 0 Å². The fraction of sp³-hybridized carbons (Fsp3) is 0.692. The Hall–Kier alpha value is -1.43. The SMILES string of the molecule is Cc1c(CC(=O)C2CCNCC2)cc(Cl)cc1CN1CCN(C(=O)C2CCCC2)[C@@H](C)C1. The summed E-state index contributed by atoms with van der Waals surface area (Å²) in [6, 6.07) is 4.26. The van der Waals surface area contributed by atoms with Gasteiger partial charge in [0, 0.05) is 55.5 Å². The number of halogens is 1. The molecule has 0 aromatic heterocycles. The number of piperidine rings is 1. The highest BCUT2D eigenvalue weighted by atomic mass is 35.5. The average Bonchev–Trinajstić information content (AvgIpc) is 3.32. The molecule has 1 aromatic carbocycles. The zero-order valence-corrected chi connectivity index (χ0v) is 20.4. The molecule has 2 saturated heterocycles. The Kier molecular flexibility index (Phi) is 7.91. The number of piperazine rings is 1. The molecule has 2 heterocycles. The van der Waals surface area contributed by atoms with E-state index in [0.717, 1.165) is 70.5 Å². The van der Waals surface area contributed by atoms with Crippen LogP contribution < -0.4 is 5.32 Å². The maximum atomic E-state index is 12.9. The number of rotatable bonds is 6. The summed E-state index contributed by atoms with van der Waals surface area (Å²) in [4.78, 5) is 30.3. The van der Waals surface area contributed by atoms with Crippen molar-refractivity contribution in [2.75, 3.05) is 32.7 Å². The predicted octanol–water partition coefficient (Wildman–Crippen LogP) is 3.98. The smallest absolute Gasteiger partial charge is 0.226 e. The highest BCUT2D eigenvalue weighted by Gasteiger charge is 2.33. The van der Waals surface area contributed by atoms with Crippen molar-refractivity contribution in [3.63, 3.8) is 0 Å². The standard InChI is InChI=1S/C26H38ClN3O2/c1-18-16-29(11-12-30(18)26(32)21-5-3-4-6-21)17-23-14-24(27)13-22(19(23)2)15-25(31)20-7-9-28-10-8-20/h13-14,18,20-21,28H,3-12,15-17H2,1-2H3/t18-/m0/s1. The third kappa shape index (κ3) is 5.55. The number of nitrogens with one attached hydrogen (secondary N) is 1. The van der Waals surface area contributed by atoms with Crippen LogP contribution in [0.25, 0.3) is 0 Å². The van der Waals surface area contributed by atoms with Crippen molar-refractivity contribution in [3.05, 3.63) is 33.8 Å². The fourth-order valence-electron chi connectivity index (χ4n) is 5.77. The Bertz CT molecular complexity index is 831. The molecule has 6 heteroatoms. The lowest BCUT2D eigenvalue weighted by molar-refractivity contribution is -0.140. The minimum Gasteiger partial charge on any atom is -0.337 e. The molecule has 3 aliphatic rings. The van der Waals surface area contributed by atoms with E-state index in [2.05, 4.69) is 35.0 Å². The zero-order chi connectivity index (χ0) is 22.7. The lowest BCUT2D eigenvalue weighted by atomic mass is 9.88. The summed E-state index contributed by atoms with van der Waals surface area (Å²) in [6.07, 6.45) is 6.87. The van der Waals surface area contributed by atoms with E-state index in [9.17, 15) is 9.59 Å². The van der Waals surface area contributed by atoms with Gasteiger partial charge in [-0.3, -0.25) is 14.5 Å². The second kappa shape index (κ2) is 10.7. The van der Waals surface area contributed by atoms with Crippen molar-refractivity contribution in [1.82, 2.24) is 15.1 Å². The maximum absolute atomic E-state index is 12.9. The maximum Gasteiger partial charge on any atom is 0.226 e. The van der Waals surface area contributed by atoms with E-state index in [1.54, 1.807) is 0 Å². The van der Waals surface area contributed by atoms with Crippen LogP contribution in [0.2, 0.25) is 5.02 Å². The minimum absolute atomic E-state index is 0.171. The second-order valence-corrected chi connectivity index (χ2v) is 10.5. The van der Waals surface area contributed by atoms with Crippen LogP contribution >= 0.6 is 11.6 Å². The number of Topliss-reactive ketones (excluding diaryl/α,β-unsaturated/α-hetero) is 1. The molecule has 5 nitrogen and oxygen atoms in total. The number of carbonyl (C=O) groups excluding carboxylic acids is 2. The molecule has 1 saturated carbocycles. The van der Waals surface area contributed by atoms with Crippen LogP contribution in [0, 0.1) is 18.8 Å². The molecule has 0 radical (unpaired) electrons. The fourth-order valence-corrected chi connectivity index (χ4v) is 6.04. The van der Waals surface area contributed by atoms with Crippen molar-refractivity contribution in [1.29, 1.82) is 0 Å². The van der Waals surface area contributed by atoms with Gasteiger partial charge in [-0.05, 0) is 81.4 Å². The first-order valence-corrected chi connectivity index (χ1v) is 12.8. The van der Waals surface area contributed by atoms with E-state index in [1.165, 1.54) is 24.0 Å². The molecule has 1 amide bonds. The highest BCUT2D eigenvalue weighted by molar-refractivity contribution is 6.30. The van der Waals surface area contributed by atoms with Gasteiger partial charge in [-0.15, -0.1) is 0 Å². The predicted molar refractivity (Wildman–Crippen MR) is 129 cm³/mol. The van der Waals surface area contributed by atoms with Crippen molar-refractivity contribution >= 4 is 23.3 Å². The number of amides is 1. The van der Waals surface area contributed by atoms with Crippen LogP contribution in [0.1, 0.15) is 62.1 Å². The molecule has 2 aliphatic heterocycles. The summed E-state index contributed by atoms with van der Waals surface area (Å²) in [6.45, 7) is 9.56. The van der Waals surface area contributed by atoms with Gasteiger partial charge in [0.05, 0.1) is 0 Å². The molecule has 176 valence electrons. The van der Waals surface area contributed by atoms with Gasteiger partial charge < -0.3 is 10.2 Å². The molecule has 0 unspecified atom stereocenters. The number of hydrogen-bond donors (Lipinski definition) is 1. The van der Waals surface area contributed by atoms with Crippen molar-refractivity contribution in [2.45, 2.75) is 71.4 Å². The molecular formula is C26H38ClN3O2. The van der Waals surface area contributed by atoms with E-state index in [0.29, 0.717) is 23.1 Å². The average molecular weight is 460 g/mol. The van der Waals surface area contributed by atoms with Gasteiger partial charge in [-0.1, -0.05) is 24.4 Å². The largest absolute Gasteiger partial charge is 0.337 e. The Morgan fingerprint density at radius 1 is 1.03 bits per heavy atom. The van der Waals surface area contributed by atoms with E-state index in [-0.39, 0.29) is 17.9 Å². The van der Waals surface area contributed by atoms with Crippen molar-refractivity contribution in [3.8, 4) is 0 Å². The van der Waals surface area contributed by atoms with Gasteiger partial charge in [-0.25, -0.2) is 0 Å². The van der Waals surface area contributed by atoms with E-state index >= 15 is 0 Å². The molecule has 1 aromatic rings. The van der Waals surface area contributed by atoms with Crippen LogP contribution in [0.15, 0.2) is 12.1 Å². The Balaban J connectivity index is 1.38. The topological polar surface area (TPSA) is 52.7 Å². The van der Waals surface area contributed by atoms with E-state index in [1.807, 2.05) is 6.07 Å². The van der Waals surface area contributed by atoms with E-state index in [4.69, 9.17) is 11.6 Å². The minimum atomic E-state index is 0.171. The van der Waals surface area contributed by atoms with Crippen LogP contribution in [-0.4, -0.2) is 60.3 Å². The normalized spacial score (nSPS) is 23.6. The number of carbonyl (C=O) groups is 2. The number of ketones is 1. The van der Waals surface area contributed by atoms with Crippen molar-refractivity contribution < 1.29 is 9.59 Å². The summed E-state index contributed by atoms with van der Waals surface area (Å²) in [5, 5.41) is 4.04. The highest BCUT2D eigenvalue weighted by Crippen LogP contribution is 2.29. The molecule has 32 heavy (non-hydrogen) atoms. The zero-order valence-electron chi connectivity index (χ0n) is 19.7. The second-order valence-electron chi connectivity index (χ2n) is 10.1. The third-order valence-electron chi connectivity index (χ3n) is 7.84. The Labute approximate surface area is 197 Å². The third-order valence-corrected chi connectivity index (χ3v) is 8.06. The molecule has 3 fully saturated rings. The molecule has 1 atom stereocenters. The van der Waals surface area contributed by atoms with Crippen LogP contribution in [0.5, 0.6) is 0 Å². The van der Waals surface area contributed by atoms with E-state index < -0.39 is 0 Å². The Morgan fingerprint density at radius 3 is 2.41 bits per heavy atom. The monoisotopic (exact) mass is 459 g/mol. The summed E-state index contributed by atoms with van der Waals surface area (Å²) < 4.78 is 0. The molecule has 1 N–H and O–H groups in total. The van der Waals surface area contributed by atoms with Crippen LogP contribution in [0.3, 0.4) is 0 Å². The molecule has 1 aliphatic carbocycles. The summed E-state index contributed by atoms with van der Waals surface area (Å²) in [5.74, 6) is 1.13. The molecular weight excluding hydrogens is 422 g/mol. The molecule has 4 rings (SSSR count). The number of benzene rings is 1. The van der Waals surface area contributed by atoms with Gasteiger partial charge in [0.1, 0.15) is 5.78 Å². The number of nitrogens with zero attached hydrogens (tertiary/aromatic N) is 2. The lowest BCUT2D eigenvalue weighted by Crippen LogP contribution is -2.54. The summed E-state index contributed by atoms with van der Waals surface area (Å²) in [5.41, 5.74) is 3.46.